The number of amides is 1. The number of aliphatic hydroxyl groups is 1. The number of benzene rings is 3. The second-order valence-corrected chi connectivity index (χ2v) is 7.37. The van der Waals surface area contributed by atoms with Gasteiger partial charge in [0.05, 0.1) is 17.6 Å². The minimum absolute atomic E-state index is 0.161. The summed E-state index contributed by atoms with van der Waals surface area (Å²) in [6.07, 6.45) is 0. The lowest BCUT2D eigenvalue weighted by Gasteiger charge is -2.22. The van der Waals surface area contributed by atoms with E-state index in [1.54, 1.807) is 30.0 Å². The molecule has 4 aromatic rings. The van der Waals surface area contributed by atoms with E-state index in [9.17, 15) is 14.7 Å². The predicted molar refractivity (Wildman–Crippen MR) is 121 cm³/mol. The SMILES string of the molecule is Cc1c(-c2ccccc2)oc2c(C(=O)N(CCO)Cc3ccccc3)cccc2c1=O. The van der Waals surface area contributed by atoms with Gasteiger partial charge in [-0.25, -0.2) is 0 Å². The number of aliphatic hydroxyl groups excluding tert-OH is 1. The Morgan fingerprint density at radius 2 is 1.61 bits per heavy atom. The van der Waals surface area contributed by atoms with Gasteiger partial charge in [0.1, 0.15) is 5.76 Å². The van der Waals surface area contributed by atoms with E-state index in [4.69, 9.17) is 4.42 Å². The van der Waals surface area contributed by atoms with E-state index in [0.717, 1.165) is 11.1 Å². The van der Waals surface area contributed by atoms with E-state index in [1.165, 1.54) is 0 Å². The van der Waals surface area contributed by atoms with Crippen LogP contribution in [0.25, 0.3) is 22.3 Å². The van der Waals surface area contributed by atoms with Crippen molar-refractivity contribution >= 4 is 16.9 Å². The predicted octanol–water partition coefficient (Wildman–Crippen LogP) is 4.40. The molecule has 0 saturated heterocycles. The molecule has 0 fully saturated rings. The molecule has 1 aromatic heterocycles. The van der Waals surface area contributed by atoms with Gasteiger partial charge in [0.2, 0.25) is 0 Å². The molecular formula is C26H23NO4. The average molecular weight is 413 g/mol. The normalized spacial score (nSPS) is 10.9. The van der Waals surface area contributed by atoms with Crippen LogP contribution in [0.2, 0.25) is 0 Å². The monoisotopic (exact) mass is 413 g/mol. The first-order valence-corrected chi connectivity index (χ1v) is 10.2. The molecule has 0 radical (unpaired) electrons. The van der Waals surface area contributed by atoms with Gasteiger partial charge in [0, 0.05) is 24.2 Å². The number of rotatable bonds is 6. The number of carbonyl (C=O) groups is 1. The highest BCUT2D eigenvalue weighted by atomic mass is 16.3. The number of hydrogen-bond acceptors (Lipinski definition) is 4. The van der Waals surface area contributed by atoms with Gasteiger partial charge < -0.3 is 14.4 Å². The summed E-state index contributed by atoms with van der Waals surface area (Å²) >= 11 is 0. The zero-order valence-corrected chi connectivity index (χ0v) is 17.2. The summed E-state index contributed by atoms with van der Waals surface area (Å²) in [5, 5.41) is 9.90. The van der Waals surface area contributed by atoms with E-state index in [-0.39, 0.29) is 30.1 Å². The highest BCUT2D eigenvalue weighted by Gasteiger charge is 2.22. The third-order valence-corrected chi connectivity index (χ3v) is 5.28. The molecular weight excluding hydrogens is 390 g/mol. The molecule has 0 atom stereocenters. The van der Waals surface area contributed by atoms with Crippen LogP contribution in [0, 0.1) is 6.92 Å². The lowest BCUT2D eigenvalue weighted by Crippen LogP contribution is -2.33. The largest absolute Gasteiger partial charge is 0.455 e. The Morgan fingerprint density at radius 1 is 0.935 bits per heavy atom. The molecule has 156 valence electrons. The van der Waals surface area contributed by atoms with Gasteiger partial charge in [-0.3, -0.25) is 9.59 Å². The van der Waals surface area contributed by atoms with Crippen LogP contribution in [0.4, 0.5) is 0 Å². The fourth-order valence-electron chi connectivity index (χ4n) is 3.69. The first-order chi connectivity index (χ1) is 15.1. The van der Waals surface area contributed by atoms with E-state index in [0.29, 0.717) is 28.8 Å². The third kappa shape index (κ3) is 4.13. The molecule has 0 aliphatic heterocycles. The van der Waals surface area contributed by atoms with Crippen molar-refractivity contribution in [2.75, 3.05) is 13.2 Å². The van der Waals surface area contributed by atoms with Crippen molar-refractivity contribution in [3.8, 4) is 11.3 Å². The lowest BCUT2D eigenvalue weighted by molar-refractivity contribution is 0.0708. The van der Waals surface area contributed by atoms with Crippen molar-refractivity contribution in [2.24, 2.45) is 0 Å². The van der Waals surface area contributed by atoms with Gasteiger partial charge >= 0.3 is 0 Å². The van der Waals surface area contributed by atoms with E-state index >= 15 is 0 Å². The fraction of sp³-hybridized carbons (Fsp3) is 0.154. The van der Waals surface area contributed by atoms with Gasteiger partial charge in [-0.15, -0.1) is 0 Å². The minimum Gasteiger partial charge on any atom is -0.455 e. The smallest absolute Gasteiger partial charge is 0.258 e. The quantitative estimate of drug-likeness (QED) is 0.509. The third-order valence-electron chi connectivity index (χ3n) is 5.28. The Labute approximate surface area is 180 Å². The lowest BCUT2D eigenvalue weighted by atomic mass is 10.0. The minimum atomic E-state index is -0.297. The molecule has 5 heteroatoms. The summed E-state index contributed by atoms with van der Waals surface area (Å²) in [5.74, 6) is 0.157. The summed E-state index contributed by atoms with van der Waals surface area (Å²) < 4.78 is 6.18. The van der Waals surface area contributed by atoms with Crippen LogP contribution in [0.1, 0.15) is 21.5 Å². The van der Waals surface area contributed by atoms with Crippen molar-refractivity contribution in [1.29, 1.82) is 0 Å². The maximum atomic E-state index is 13.4. The molecule has 0 aliphatic rings. The van der Waals surface area contributed by atoms with Gasteiger partial charge in [0.25, 0.3) is 5.91 Å². The molecule has 1 heterocycles. The molecule has 31 heavy (non-hydrogen) atoms. The van der Waals surface area contributed by atoms with Gasteiger partial charge in [-0.2, -0.15) is 0 Å². The zero-order valence-electron chi connectivity index (χ0n) is 17.2. The molecule has 0 saturated carbocycles. The summed E-state index contributed by atoms with van der Waals surface area (Å²) in [6.45, 7) is 2.08. The van der Waals surface area contributed by atoms with Crippen molar-refractivity contribution in [3.05, 3.63) is 106 Å². The average Bonchev–Trinajstić information content (AvgIpc) is 2.81. The Kier molecular flexibility index (Phi) is 5.96. The number of hydrogen-bond donors (Lipinski definition) is 1. The van der Waals surface area contributed by atoms with Crippen LogP contribution < -0.4 is 5.43 Å². The molecule has 0 unspecified atom stereocenters. The molecule has 1 amide bonds. The highest BCUT2D eigenvalue weighted by molar-refractivity contribution is 6.05. The van der Waals surface area contributed by atoms with Crippen LogP contribution in [0.3, 0.4) is 0 Å². The summed E-state index contributed by atoms with van der Waals surface area (Å²) in [5.41, 5.74) is 2.63. The van der Waals surface area contributed by atoms with Crippen LogP contribution >= 0.6 is 0 Å². The topological polar surface area (TPSA) is 70.8 Å². The fourth-order valence-corrected chi connectivity index (χ4v) is 3.69. The second-order valence-electron chi connectivity index (χ2n) is 7.37. The molecule has 0 spiro atoms. The Bertz CT molecular complexity index is 1260. The summed E-state index contributed by atoms with van der Waals surface area (Å²) in [6, 6.07) is 24.0. The highest BCUT2D eigenvalue weighted by Crippen LogP contribution is 2.28. The molecule has 3 aromatic carbocycles. The number of para-hydroxylation sites is 1. The maximum Gasteiger partial charge on any atom is 0.258 e. The van der Waals surface area contributed by atoms with E-state index in [1.807, 2.05) is 60.7 Å². The van der Waals surface area contributed by atoms with E-state index < -0.39 is 0 Å². The molecule has 5 nitrogen and oxygen atoms in total. The van der Waals surface area contributed by atoms with Crippen molar-refractivity contribution in [1.82, 2.24) is 4.90 Å². The van der Waals surface area contributed by atoms with Crippen molar-refractivity contribution in [3.63, 3.8) is 0 Å². The van der Waals surface area contributed by atoms with Crippen LogP contribution in [0.5, 0.6) is 0 Å². The number of nitrogens with zero attached hydrogens (tertiary/aromatic N) is 1. The standard InChI is InChI=1S/C26H23NO4/c1-18-23(29)21-13-8-14-22(25(21)31-24(18)20-11-6-3-7-12-20)26(30)27(15-16-28)17-19-9-4-2-5-10-19/h2-14,28H,15-17H2,1H3. The Balaban J connectivity index is 1.83. The van der Waals surface area contributed by atoms with Crippen LogP contribution in [0.15, 0.2) is 88.1 Å². The van der Waals surface area contributed by atoms with Crippen molar-refractivity contribution in [2.45, 2.75) is 13.5 Å². The molecule has 0 bridgehead atoms. The van der Waals surface area contributed by atoms with Gasteiger partial charge in [-0.05, 0) is 24.6 Å². The number of carbonyl (C=O) groups excluding carboxylic acids is 1. The molecule has 4 rings (SSSR count). The Hall–Kier alpha value is -3.70. The molecule has 1 N–H and O–H groups in total. The number of fused-ring (bicyclic) bond motifs is 1. The molecule has 0 aliphatic carbocycles. The maximum absolute atomic E-state index is 13.4. The second kappa shape index (κ2) is 8.98. The zero-order chi connectivity index (χ0) is 21.8. The first kappa shape index (κ1) is 20.6. The Morgan fingerprint density at radius 3 is 2.29 bits per heavy atom. The van der Waals surface area contributed by atoms with Crippen molar-refractivity contribution < 1.29 is 14.3 Å². The van der Waals surface area contributed by atoms with Crippen LogP contribution in [-0.4, -0.2) is 29.1 Å². The van der Waals surface area contributed by atoms with Gasteiger partial charge in [0.15, 0.2) is 11.0 Å². The van der Waals surface area contributed by atoms with Gasteiger partial charge in [-0.1, -0.05) is 66.7 Å². The van der Waals surface area contributed by atoms with Crippen LogP contribution in [-0.2, 0) is 6.54 Å². The summed E-state index contributed by atoms with van der Waals surface area (Å²) in [7, 11) is 0. The van der Waals surface area contributed by atoms with E-state index in [2.05, 4.69) is 0 Å². The first-order valence-electron chi connectivity index (χ1n) is 10.2. The summed E-state index contributed by atoms with van der Waals surface area (Å²) in [4.78, 5) is 28.1.